The van der Waals surface area contributed by atoms with Crippen molar-refractivity contribution < 1.29 is 14.6 Å². The largest absolute Gasteiger partial charge is 0.506 e. The van der Waals surface area contributed by atoms with Crippen LogP contribution in [0.4, 0.5) is 5.69 Å². The Kier molecular flexibility index (Phi) is 3.30. The van der Waals surface area contributed by atoms with Crippen LogP contribution in [0.15, 0.2) is 18.2 Å². The Morgan fingerprint density at radius 1 is 1.40 bits per heavy atom. The van der Waals surface area contributed by atoms with Gasteiger partial charge in [0.2, 0.25) is 5.91 Å². The molecule has 1 aromatic carbocycles. The van der Waals surface area contributed by atoms with Crippen LogP contribution >= 0.6 is 0 Å². The van der Waals surface area contributed by atoms with E-state index in [-0.39, 0.29) is 23.6 Å². The predicted molar refractivity (Wildman–Crippen MR) is 75.6 cm³/mol. The molecule has 2 bridgehead atoms. The maximum Gasteiger partial charge on any atom is 0.229 e. The highest BCUT2D eigenvalue weighted by Gasteiger charge is 2.49. The summed E-state index contributed by atoms with van der Waals surface area (Å²) in [6.07, 6.45) is 3.28. The van der Waals surface area contributed by atoms with Crippen LogP contribution in [0.5, 0.6) is 11.5 Å². The minimum atomic E-state index is -0.139. The highest BCUT2D eigenvalue weighted by atomic mass is 16.5. The average Bonchev–Trinajstić information content (AvgIpc) is 3.01. The van der Waals surface area contributed by atoms with E-state index < -0.39 is 0 Å². The second kappa shape index (κ2) is 4.98. The second-order valence-corrected chi connectivity index (χ2v) is 5.81. The normalized spacial score (nSPS) is 31.3. The van der Waals surface area contributed by atoms with E-state index in [1.54, 1.807) is 19.2 Å². The molecule has 1 amide bonds. The van der Waals surface area contributed by atoms with E-state index in [2.05, 4.69) is 5.32 Å². The molecule has 4 N–H and O–H groups in total. The zero-order chi connectivity index (χ0) is 14.3. The van der Waals surface area contributed by atoms with Crippen LogP contribution in [0.3, 0.4) is 0 Å². The molecule has 0 radical (unpaired) electrons. The number of methoxy groups -OCH3 is 1. The first-order chi connectivity index (χ1) is 9.60. The third-order valence-corrected chi connectivity index (χ3v) is 4.74. The summed E-state index contributed by atoms with van der Waals surface area (Å²) in [7, 11) is 1.55. The van der Waals surface area contributed by atoms with Crippen molar-refractivity contribution in [2.75, 3.05) is 12.4 Å². The van der Waals surface area contributed by atoms with Crippen molar-refractivity contribution in [2.45, 2.75) is 25.3 Å². The summed E-state index contributed by atoms with van der Waals surface area (Å²) >= 11 is 0. The van der Waals surface area contributed by atoms with Crippen LogP contribution in [0.1, 0.15) is 19.3 Å². The molecule has 2 aliphatic rings. The Morgan fingerprint density at radius 2 is 2.15 bits per heavy atom. The third-order valence-electron chi connectivity index (χ3n) is 4.74. The molecular weight excluding hydrogens is 256 g/mol. The lowest BCUT2D eigenvalue weighted by molar-refractivity contribution is -0.121. The van der Waals surface area contributed by atoms with E-state index in [4.69, 9.17) is 10.5 Å². The number of nitrogens with one attached hydrogen (secondary N) is 1. The van der Waals surface area contributed by atoms with Gasteiger partial charge in [0.1, 0.15) is 11.5 Å². The molecule has 0 saturated heterocycles. The van der Waals surface area contributed by atoms with Gasteiger partial charge < -0.3 is 20.9 Å². The molecule has 2 aliphatic carbocycles. The number of benzene rings is 1. The van der Waals surface area contributed by atoms with Crippen molar-refractivity contribution in [1.29, 1.82) is 0 Å². The molecule has 0 heterocycles. The van der Waals surface area contributed by atoms with Crippen molar-refractivity contribution in [1.82, 2.24) is 0 Å². The van der Waals surface area contributed by atoms with Crippen molar-refractivity contribution in [2.24, 2.45) is 23.5 Å². The number of amides is 1. The molecule has 3 rings (SSSR count). The number of hydrogen-bond donors (Lipinski definition) is 3. The molecule has 108 valence electrons. The fourth-order valence-corrected chi connectivity index (χ4v) is 3.68. The van der Waals surface area contributed by atoms with E-state index in [1.165, 1.54) is 6.07 Å². The van der Waals surface area contributed by atoms with Gasteiger partial charge in [0, 0.05) is 12.1 Å². The molecule has 2 saturated carbocycles. The smallest absolute Gasteiger partial charge is 0.229 e. The number of ether oxygens (including phenoxy) is 1. The van der Waals surface area contributed by atoms with E-state index in [9.17, 15) is 9.90 Å². The molecule has 20 heavy (non-hydrogen) atoms. The summed E-state index contributed by atoms with van der Waals surface area (Å²) in [5, 5.41) is 12.6. The number of nitrogens with two attached hydrogens (primary N) is 1. The Balaban J connectivity index is 1.76. The van der Waals surface area contributed by atoms with Crippen LogP contribution in [-0.2, 0) is 4.79 Å². The monoisotopic (exact) mass is 276 g/mol. The van der Waals surface area contributed by atoms with E-state index in [0.29, 0.717) is 23.3 Å². The standard InChI is InChI=1S/C15H20N2O3/c1-20-10-4-5-12(18)11(7-10)17-15(19)13-8-2-3-9(6-8)14(13)16/h4-5,7-9,13-14,18H,2-3,6,16H2,1H3,(H,17,19). The molecule has 0 spiro atoms. The predicted octanol–water partition coefficient (Wildman–Crippen LogP) is 1.71. The number of rotatable bonds is 3. The first kappa shape index (κ1) is 13.2. The first-order valence-corrected chi connectivity index (χ1v) is 7.03. The van der Waals surface area contributed by atoms with Crippen LogP contribution < -0.4 is 15.8 Å². The molecular formula is C15H20N2O3. The summed E-state index contributed by atoms with van der Waals surface area (Å²) in [6.45, 7) is 0. The van der Waals surface area contributed by atoms with Gasteiger partial charge in [-0.3, -0.25) is 4.79 Å². The van der Waals surface area contributed by atoms with Gasteiger partial charge in [0.05, 0.1) is 18.7 Å². The zero-order valence-electron chi connectivity index (χ0n) is 11.5. The van der Waals surface area contributed by atoms with Crippen molar-refractivity contribution in [3.63, 3.8) is 0 Å². The highest BCUT2D eigenvalue weighted by Crippen LogP contribution is 2.48. The maximum absolute atomic E-state index is 12.4. The van der Waals surface area contributed by atoms with Crippen LogP contribution in [0, 0.1) is 17.8 Å². The van der Waals surface area contributed by atoms with Gasteiger partial charge in [-0.2, -0.15) is 0 Å². The van der Waals surface area contributed by atoms with Crippen molar-refractivity contribution in [3.05, 3.63) is 18.2 Å². The van der Waals surface area contributed by atoms with Crippen molar-refractivity contribution >= 4 is 11.6 Å². The van der Waals surface area contributed by atoms with Gasteiger partial charge in [0.15, 0.2) is 0 Å². The van der Waals surface area contributed by atoms with Gasteiger partial charge >= 0.3 is 0 Å². The molecule has 5 heteroatoms. The SMILES string of the molecule is COc1ccc(O)c(NC(=O)C2C3CCC(C3)C2N)c1. The fraction of sp³-hybridized carbons (Fsp3) is 0.533. The lowest BCUT2D eigenvalue weighted by Gasteiger charge is -2.27. The molecule has 4 atom stereocenters. The number of phenolic OH excluding ortho intramolecular Hbond substituents is 1. The summed E-state index contributed by atoms with van der Waals surface area (Å²) < 4.78 is 5.10. The van der Waals surface area contributed by atoms with Gasteiger partial charge in [-0.25, -0.2) is 0 Å². The van der Waals surface area contributed by atoms with Gasteiger partial charge in [-0.15, -0.1) is 0 Å². The molecule has 2 fully saturated rings. The maximum atomic E-state index is 12.4. The number of hydrogen-bond acceptors (Lipinski definition) is 4. The van der Waals surface area contributed by atoms with Gasteiger partial charge in [-0.1, -0.05) is 0 Å². The Bertz CT molecular complexity index is 530. The summed E-state index contributed by atoms with van der Waals surface area (Å²) in [4.78, 5) is 12.4. The van der Waals surface area contributed by atoms with Crippen molar-refractivity contribution in [3.8, 4) is 11.5 Å². The first-order valence-electron chi connectivity index (χ1n) is 7.03. The molecule has 4 unspecified atom stereocenters. The summed E-state index contributed by atoms with van der Waals surface area (Å²) in [6, 6.07) is 4.72. The lowest BCUT2D eigenvalue weighted by atomic mass is 9.84. The minimum absolute atomic E-state index is 0.0378. The summed E-state index contributed by atoms with van der Waals surface area (Å²) in [5.41, 5.74) is 6.54. The highest BCUT2D eigenvalue weighted by molar-refractivity contribution is 5.95. The average molecular weight is 276 g/mol. The molecule has 5 nitrogen and oxygen atoms in total. The second-order valence-electron chi connectivity index (χ2n) is 5.81. The fourth-order valence-electron chi connectivity index (χ4n) is 3.68. The number of aromatic hydroxyl groups is 1. The number of anilines is 1. The number of carbonyl (C=O) groups excluding carboxylic acids is 1. The van der Waals surface area contributed by atoms with Gasteiger partial charge in [0.25, 0.3) is 0 Å². The van der Waals surface area contributed by atoms with Crippen LogP contribution in [0.2, 0.25) is 0 Å². The Morgan fingerprint density at radius 3 is 2.80 bits per heavy atom. The van der Waals surface area contributed by atoms with Gasteiger partial charge in [-0.05, 0) is 43.2 Å². The third kappa shape index (κ3) is 2.12. The molecule has 0 aromatic heterocycles. The topological polar surface area (TPSA) is 84.6 Å². The van der Waals surface area contributed by atoms with Crippen LogP contribution in [0.25, 0.3) is 0 Å². The molecule has 1 aromatic rings. The summed E-state index contributed by atoms with van der Waals surface area (Å²) in [5.74, 6) is 1.27. The zero-order valence-corrected chi connectivity index (χ0v) is 11.5. The number of fused-ring (bicyclic) bond motifs is 2. The number of phenols is 1. The number of carbonyl (C=O) groups is 1. The Hall–Kier alpha value is -1.75. The minimum Gasteiger partial charge on any atom is -0.506 e. The van der Waals surface area contributed by atoms with E-state index in [1.807, 2.05) is 0 Å². The van der Waals surface area contributed by atoms with E-state index in [0.717, 1.165) is 19.3 Å². The lowest BCUT2D eigenvalue weighted by Crippen LogP contribution is -2.42. The quantitative estimate of drug-likeness (QED) is 0.734. The van der Waals surface area contributed by atoms with Crippen LogP contribution in [-0.4, -0.2) is 24.2 Å². The van der Waals surface area contributed by atoms with E-state index >= 15 is 0 Å². The Labute approximate surface area is 118 Å². The molecule has 0 aliphatic heterocycles.